The summed E-state index contributed by atoms with van der Waals surface area (Å²) in [5, 5.41) is 15.7. The SMILES string of the molecule is O=C(O)CNC(=O)CNC(=O)c1ccc(NC(=O)OCC2c3ccccc3-c3ccccc32)cc1. The Morgan fingerprint density at radius 2 is 1.37 bits per heavy atom. The fourth-order valence-corrected chi connectivity index (χ4v) is 3.96. The second kappa shape index (κ2) is 10.5. The van der Waals surface area contributed by atoms with Gasteiger partial charge in [0.25, 0.3) is 5.91 Å². The molecule has 3 aromatic rings. The summed E-state index contributed by atoms with van der Waals surface area (Å²) in [6.07, 6.45) is -0.612. The third-order valence-electron chi connectivity index (χ3n) is 5.58. The van der Waals surface area contributed by atoms with Crippen LogP contribution in [0.5, 0.6) is 0 Å². The Bertz CT molecular complexity index is 1230. The van der Waals surface area contributed by atoms with Crippen molar-refractivity contribution < 1.29 is 29.0 Å². The fraction of sp³-hybridized carbons (Fsp3) is 0.154. The molecule has 4 rings (SSSR count). The molecule has 0 aromatic heterocycles. The maximum absolute atomic E-state index is 12.4. The van der Waals surface area contributed by atoms with E-state index in [2.05, 4.69) is 28.1 Å². The average Bonchev–Trinajstić information content (AvgIpc) is 3.19. The summed E-state index contributed by atoms with van der Waals surface area (Å²) in [6, 6.07) is 22.2. The molecule has 0 saturated carbocycles. The van der Waals surface area contributed by atoms with Crippen molar-refractivity contribution in [2.45, 2.75) is 5.92 Å². The number of carboxylic acids is 1. The van der Waals surface area contributed by atoms with Crippen molar-refractivity contribution in [3.8, 4) is 11.1 Å². The van der Waals surface area contributed by atoms with Crippen molar-refractivity contribution >= 4 is 29.6 Å². The molecule has 0 spiro atoms. The van der Waals surface area contributed by atoms with Crippen molar-refractivity contribution in [2.24, 2.45) is 0 Å². The zero-order valence-electron chi connectivity index (χ0n) is 18.6. The monoisotopic (exact) mass is 473 g/mol. The van der Waals surface area contributed by atoms with E-state index in [4.69, 9.17) is 9.84 Å². The number of hydrogen-bond acceptors (Lipinski definition) is 5. The number of ether oxygens (including phenoxy) is 1. The predicted molar refractivity (Wildman–Crippen MR) is 128 cm³/mol. The average molecular weight is 473 g/mol. The van der Waals surface area contributed by atoms with Crippen LogP contribution in [0.4, 0.5) is 10.5 Å². The Balaban J connectivity index is 1.29. The zero-order chi connectivity index (χ0) is 24.8. The number of amides is 3. The lowest BCUT2D eigenvalue weighted by atomic mass is 9.98. The van der Waals surface area contributed by atoms with Gasteiger partial charge in [-0.25, -0.2) is 4.79 Å². The van der Waals surface area contributed by atoms with Crippen molar-refractivity contribution in [3.05, 3.63) is 89.5 Å². The highest BCUT2D eigenvalue weighted by atomic mass is 16.5. The van der Waals surface area contributed by atoms with Gasteiger partial charge in [0.15, 0.2) is 0 Å². The smallest absolute Gasteiger partial charge is 0.411 e. The van der Waals surface area contributed by atoms with E-state index in [1.807, 2.05) is 36.4 Å². The summed E-state index contributed by atoms with van der Waals surface area (Å²) < 4.78 is 5.51. The molecule has 35 heavy (non-hydrogen) atoms. The second-order valence-electron chi connectivity index (χ2n) is 7.88. The van der Waals surface area contributed by atoms with Crippen LogP contribution < -0.4 is 16.0 Å². The minimum atomic E-state index is -1.18. The normalized spacial score (nSPS) is 11.7. The van der Waals surface area contributed by atoms with Gasteiger partial charge in [-0.2, -0.15) is 0 Å². The number of rotatable bonds is 8. The first kappa shape index (κ1) is 23.5. The molecule has 0 aliphatic heterocycles. The van der Waals surface area contributed by atoms with E-state index < -0.39 is 30.4 Å². The summed E-state index contributed by atoms with van der Waals surface area (Å²) in [7, 11) is 0. The quantitative estimate of drug-likeness (QED) is 0.397. The Kier molecular flexibility index (Phi) is 7.06. The Labute approximate surface area is 201 Å². The highest BCUT2D eigenvalue weighted by molar-refractivity contribution is 5.97. The minimum absolute atomic E-state index is 0.0491. The number of aliphatic carboxylic acids is 1. The molecule has 0 saturated heterocycles. The fourth-order valence-electron chi connectivity index (χ4n) is 3.96. The molecule has 4 N–H and O–H groups in total. The van der Waals surface area contributed by atoms with Gasteiger partial charge < -0.3 is 20.5 Å². The number of carbonyl (C=O) groups is 4. The summed E-state index contributed by atoms with van der Waals surface area (Å²) in [6.45, 7) is -0.693. The van der Waals surface area contributed by atoms with Gasteiger partial charge in [-0.05, 0) is 46.5 Å². The van der Waals surface area contributed by atoms with E-state index in [0.717, 1.165) is 22.3 Å². The molecular weight excluding hydrogens is 450 g/mol. The first-order valence-electron chi connectivity index (χ1n) is 10.9. The zero-order valence-corrected chi connectivity index (χ0v) is 18.6. The molecule has 9 nitrogen and oxygen atoms in total. The molecule has 0 fully saturated rings. The minimum Gasteiger partial charge on any atom is -0.480 e. The second-order valence-corrected chi connectivity index (χ2v) is 7.88. The molecule has 1 aliphatic carbocycles. The molecule has 0 heterocycles. The standard InChI is InChI=1S/C26H23N3O6/c30-23(27-14-24(31)32)13-28-25(33)16-9-11-17(12-10-16)29-26(34)35-15-22-20-7-3-1-5-18(20)19-6-2-4-8-21(19)22/h1-12,22H,13-15H2,(H,27,30)(H,28,33)(H,29,34)(H,31,32). The van der Waals surface area contributed by atoms with Crippen LogP contribution in [0.25, 0.3) is 11.1 Å². The van der Waals surface area contributed by atoms with E-state index in [-0.39, 0.29) is 24.6 Å². The molecule has 3 aromatic carbocycles. The number of anilines is 1. The lowest BCUT2D eigenvalue weighted by Crippen LogP contribution is -2.39. The van der Waals surface area contributed by atoms with Gasteiger partial charge in [0.2, 0.25) is 5.91 Å². The molecule has 3 amide bonds. The van der Waals surface area contributed by atoms with Crippen LogP contribution in [0.2, 0.25) is 0 Å². The van der Waals surface area contributed by atoms with Crippen LogP contribution >= 0.6 is 0 Å². The van der Waals surface area contributed by atoms with Gasteiger partial charge in [0, 0.05) is 17.2 Å². The third-order valence-corrected chi connectivity index (χ3v) is 5.58. The van der Waals surface area contributed by atoms with Crippen molar-refractivity contribution in [3.63, 3.8) is 0 Å². The van der Waals surface area contributed by atoms with Gasteiger partial charge in [-0.3, -0.25) is 19.7 Å². The van der Waals surface area contributed by atoms with E-state index in [1.54, 1.807) is 12.1 Å². The number of fused-ring (bicyclic) bond motifs is 3. The van der Waals surface area contributed by atoms with Crippen LogP contribution in [-0.2, 0) is 14.3 Å². The Morgan fingerprint density at radius 1 is 0.771 bits per heavy atom. The summed E-state index contributed by atoms with van der Waals surface area (Å²) in [5.41, 5.74) is 5.24. The molecule has 0 bridgehead atoms. The molecule has 0 unspecified atom stereocenters. The van der Waals surface area contributed by atoms with E-state index in [9.17, 15) is 19.2 Å². The predicted octanol–water partition coefficient (Wildman–Crippen LogP) is 2.98. The maximum Gasteiger partial charge on any atom is 0.411 e. The van der Waals surface area contributed by atoms with Gasteiger partial charge in [0.1, 0.15) is 13.2 Å². The molecule has 178 valence electrons. The van der Waals surface area contributed by atoms with E-state index in [0.29, 0.717) is 5.69 Å². The lowest BCUT2D eigenvalue weighted by Gasteiger charge is -2.14. The van der Waals surface area contributed by atoms with Gasteiger partial charge >= 0.3 is 12.1 Å². The van der Waals surface area contributed by atoms with Crippen molar-refractivity contribution in [1.82, 2.24) is 10.6 Å². The lowest BCUT2D eigenvalue weighted by molar-refractivity contribution is -0.137. The molecule has 0 atom stereocenters. The molecular formula is C26H23N3O6. The van der Waals surface area contributed by atoms with Crippen LogP contribution in [0.15, 0.2) is 72.8 Å². The van der Waals surface area contributed by atoms with Gasteiger partial charge in [-0.1, -0.05) is 48.5 Å². The molecule has 9 heteroatoms. The summed E-state index contributed by atoms with van der Waals surface area (Å²) in [4.78, 5) is 46.5. The molecule has 0 radical (unpaired) electrons. The number of nitrogens with one attached hydrogen (secondary N) is 3. The van der Waals surface area contributed by atoms with Crippen LogP contribution in [0, 0.1) is 0 Å². The number of carboxylic acid groups (broad SMARTS) is 1. The number of hydrogen-bond donors (Lipinski definition) is 4. The summed E-state index contributed by atoms with van der Waals surface area (Å²) >= 11 is 0. The topological polar surface area (TPSA) is 134 Å². The first-order chi connectivity index (χ1) is 16.9. The largest absolute Gasteiger partial charge is 0.480 e. The van der Waals surface area contributed by atoms with Gasteiger partial charge in [-0.15, -0.1) is 0 Å². The van der Waals surface area contributed by atoms with Crippen LogP contribution in [-0.4, -0.2) is 48.7 Å². The van der Waals surface area contributed by atoms with Gasteiger partial charge in [0.05, 0.1) is 6.54 Å². The van der Waals surface area contributed by atoms with E-state index >= 15 is 0 Å². The molecule has 1 aliphatic rings. The van der Waals surface area contributed by atoms with Crippen molar-refractivity contribution in [1.29, 1.82) is 0 Å². The maximum atomic E-state index is 12.4. The number of benzene rings is 3. The Morgan fingerprint density at radius 3 is 1.97 bits per heavy atom. The first-order valence-corrected chi connectivity index (χ1v) is 10.9. The van der Waals surface area contributed by atoms with Crippen LogP contribution in [0.3, 0.4) is 0 Å². The number of carbonyl (C=O) groups excluding carboxylic acids is 3. The Hall–Kier alpha value is -4.66. The highest BCUT2D eigenvalue weighted by Gasteiger charge is 2.29. The van der Waals surface area contributed by atoms with Crippen molar-refractivity contribution in [2.75, 3.05) is 25.0 Å². The summed E-state index contributed by atoms with van der Waals surface area (Å²) in [5.74, 6) is -2.35. The highest BCUT2D eigenvalue weighted by Crippen LogP contribution is 2.44. The third kappa shape index (κ3) is 5.64. The van der Waals surface area contributed by atoms with Crippen LogP contribution in [0.1, 0.15) is 27.4 Å². The van der Waals surface area contributed by atoms with E-state index in [1.165, 1.54) is 12.1 Å².